The second kappa shape index (κ2) is 5.77. The number of rotatable bonds is 4. The molecular formula is C14H12F3NO2S. The van der Waals surface area contributed by atoms with E-state index < -0.39 is 32.4 Å². The molecule has 0 unspecified atom stereocenters. The van der Waals surface area contributed by atoms with Crippen molar-refractivity contribution in [2.45, 2.75) is 18.2 Å². The lowest BCUT2D eigenvalue weighted by atomic mass is 10.1. The van der Waals surface area contributed by atoms with E-state index in [0.29, 0.717) is 24.1 Å². The molecule has 0 radical (unpaired) electrons. The average molecular weight is 315 g/mol. The Morgan fingerprint density at radius 2 is 1.67 bits per heavy atom. The van der Waals surface area contributed by atoms with Crippen molar-refractivity contribution in [3.8, 4) is 0 Å². The zero-order valence-corrected chi connectivity index (χ0v) is 11.8. The van der Waals surface area contributed by atoms with Crippen molar-refractivity contribution in [2.24, 2.45) is 0 Å². The molecule has 0 aliphatic rings. The van der Waals surface area contributed by atoms with Gasteiger partial charge in [0.2, 0.25) is 0 Å². The monoisotopic (exact) mass is 315 g/mol. The SMILES string of the molecule is CCc1ccccc1NS(=O)(=O)c1ccc(F)c(F)c1F. The molecule has 0 aliphatic heterocycles. The first-order chi connectivity index (χ1) is 9.86. The number of hydrogen-bond donors (Lipinski definition) is 1. The summed E-state index contributed by atoms with van der Waals surface area (Å²) in [5.74, 6) is -5.00. The summed E-state index contributed by atoms with van der Waals surface area (Å²) in [6.07, 6.45) is 0.555. The summed E-state index contributed by atoms with van der Waals surface area (Å²) in [4.78, 5) is -0.938. The highest BCUT2D eigenvalue weighted by atomic mass is 32.2. The highest BCUT2D eigenvalue weighted by Crippen LogP contribution is 2.24. The molecule has 3 nitrogen and oxygen atoms in total. The van der Waals surface area contributed by atoms with Gasteiger partial charge >= 0.3 is 0 Å². The van der Waals surface area contributed by atoms with Crippen LogP contribution < -0.4 is 4.72 Å². The van der Waals surface area contributed by atoms with Crippen LogP contribution in [0.1, 0.15) is 12.5 Å². The Balaban J connectivity index is 2.46. The topological polar surface area (TPSA) is 46.2 Å². The quantitative estimate of drug-likeness (QED) is 0.878. The van der Waals surface area contributed by atoms with E-state index >= 15 is 0 Å². The minimum Gasteiger partial charge on any atom is -0.279 e. The predicted octanol–water partition coefficient (Wildman–Crippen LogP) is 3.47. The third kappa shape index (κ3) is 3.02. The Labute approximate surface area is 120 Å². The second-order valence-electron chi connectivity index (χ2n) is 4.29. The van der Waals surface area contributed by atoms with Crippen LogP contribution in [0.25, 0.3) is 0 Å². The lowest BCUT2D eigenvalue weighted by Crippen LogP contribution is -2.16. The highest BCUT2D eigenvalue weighted by Gasteiger charge is 2.24. The zero-order chi connectivity index (χ0) is 15.6. The summed E-state index contributed by atoms with van der Waals surface area (Å²) in [6.45, 7) is 1.82. The van der Waals surface area contributed by atoms with Gasteiger partial charge in [-0.05, 0) is 30.2 Å². The van der Waals surface area contributed by atoms with Gasteiger partial charge in [-0.1, -0.05) is 25.1 Å². The number of aryl methyl sites for hydroxylation is 1. The molecule has 2 aromatic carbocycles. The van der Waals surface area contributed by atoms with Gasteiger partial charge in [0.25, 0.3) is 10.0 Å². The van der Waals surface area contributed by atoms with Gasteiger partial charge in [-0.2, -0.15) is 0 Å². The van der Waals surface area contributed by atoms with E-state index in [1.165, 1.54) is 6.07 Å². The maximum atomic E-state index is 13.6. The van der Waals surface area contributed by atoms with Crippen LogP contribution in [0.5, 0.6) is 0 Å². The molecule has 0 aliphatic carbocycles. The zero-order valence-electron chi connectivity index (χ0n) is 11.0. The molecule has 0 spiro atoms. The first-order valence-corrected chi connectivity index (χ1v) is 7.59. The molecule has 0 fully saturated rings. The maximum Gasteiger partial charge on any atom is 0.264 e. The summed E-state index contributed by atoms with van der Waals surface area (Å²) < 4.78 is 66.0. The van der Waals surface area contributed by atoms with E-state index in [1.807, 2.05) is 6.92 Å². The lowest BCUT2D eigenvalue weighted by Gasteiger charge is -2.12. The molecular weight excluding hydrogens is 303 g/mol. The van der Waals surface area contributed by atoms with Crippen molar-refractivity contribution in [1.82, 2.24) is 0 Å². The minimum absolute atomic E-state index is 0.268. The van der Waals surface area contributed by atoms with Crippen molar-refractivity contribution < 1.29 is 21.6 Å². The minimum atomic E-state index is -4.35. The number of para-hydroxylation sites is 1. The molecule has 0 saturated heterocycles. The van der Waals surface area contributed by atoms with E-state index in [0.717, 1.165) is 0 Å². The van der Waals surface area contributed by atoms with Gasteiger partial charge in [-0.15, -0.1) is 0 Å². The third-order valence-electron chi connectivity index (χ3n) is 2.93. The molecule has 7 heteroatoms. The highest BCUT2D eigenvalue weighted by molar-refractivity contribution is 7.92. The fourth-order valence-electron chi connectivity index (χ4n) is 1.84. The van der Waals surface area contributed by atoms with Crippen LogP contribution in [0.3, 0.4) is 0 Å². The van der Waals surface area contributed by atoms with Crippen LogP contribution in [0, 0.1) is 17.5 Å². The van der Waals surface area contributed by atoms with Crippen LogP contribution in [-0.4, -0.2) is 8.42 Å². The van der Waals surface area contributed by atoms with E-state index in [9.17, 15) is 21.6 Å². The van der Waals surface area contributed by atoms with Crippen molar-refractivity contribution in [3.05, 3.63) is 59.4 Å². The Morgan fingerprint density at radius 1 is 1.00 bits per heavy atom. The summed E-state index contributed by atoms with van der Waals surface area (Å²) in [6, 6.07) is 7.81. The van der Waals surface area contributed by atoms with Crippen molar-refractivity contribution in [1.29, 1.82) is 0 Å². The molecule has 112 valence electrons. The molecule has 0 bridgehead atoms. The van der Waals surface area contributed by atoms with Gasteiger partial charge in [0.15, 0.2) is 17.5 Å². The van der Waals surface area contributed by atoms with Crippen molar-refractivity contribution in [2.75, 3.05) is 4.72 Å². The molecule has 0 amide bonds. The average Bonchev–Trinajstić information content (AvgIpc) is 2.44. The number of halogens is 3. The smallest absolute Gasteiger partial charge is 0.264 e. The fourth-order valence-corrected chi connectivity index (χ4v) is 3.01. The maximum absolute atomic E-state index is 13.6. The predicted molar refractivity (Wildman–Crippen MR) is 72.9 cm³/mol. The van der Waals surface area contributed by atoms with Crippen LogP contribution >= 0.6 is 0 Å². The first-order valence-electron chi connectivity index (χ1n) is 6.11. The Hall–Kier alpha value is -2.02. The molecule has 0 saturated carbocycles. The number of hydrogen-bond acceptors (Lipinski definition) is 2. The van der Waals surface area contributed by atoms with Crippen LogP contribution in [-0.2, 0) is 16.4 Å². The number of anilines is 1. The standard InChI is InChI=1S/C14H12F3NO2S/c1-2-9-5-3-4-6-11(9)18-21(19,20)12-8-7-10(15)13(16)14(12)17/h3-8,18H,2H2,1H3. The summed E-state index contributed by atoms with van der Waals surface area (Å²) in [5.41, 5.74) is 0.966. The molecule has 0 atom stereocenters. The van der Waals surface area contributed by atoms with E-state index in [2.05, 4.69) is 4.72 Å². The van der Waals surface area contributed by atoms with Gasteiger partial charge in [-0.3, -0.25) is 4.72 Å². The third-order valence-corrected chi connectivity index (χ3v) is 4.31. The molecule has 2 rings (SSSR count). The fraction of sp³-hybridized carbons (Fsp3) is 0.143. The number of sulfonamides is 1. The lowest BCUT2D eigenvalue weighted by molar-refractivity contribution is 0.432. The van der Waals surface area contributed by atoms with Gasteiger partial charge in [-0.25, -0.2) is 21.6 Å². The van der Waals surface area contributed by atoms with E-state index in [1.54, 1.807) is 18.2 Å². The molecule has 0 aromatic heterocycles. The van der Waals surface area contributed by atoms with Gasteiger partial charge in [0, 0.05) is 0 Å². The second-order valence-corrected chi connectivity index (χ2v) is 5.94. The van der Waals surface area contributed by atoms with E-state index in [4.69, 9.17) is 0 Å². The Kier molecular flexibility index (Phi) is 4.22. The molecule has 2 aromatic rings. The van der Waals surface area contributed by atoms with Gasteiger partial charge < -0.3 is 0 Å². The normalized spacial score (nSPS) is 11.4. The Bertz CT molecular complexity index is 776. The van der Waals surface area contributed by atoms with Crippen LogP contribution in [0.2, 0.25) is 0 Å². The first kappa shape index (κ1) is 15.4. The van der Waals surface area contributed by atoms with Crippen molar-refractivity contribution >= 4 is 15.7 Å². The van der Waals surface area contributed by atoms with Gasteiger partial charge in [0.05, 0.1) is 5.69 Å². The number of benzene rings is 2. The summed E-state index contributed by atoms with van der Waals surface area (Å²) in [5, 5.41) is 0. The van der Waals surface area contributed by atoms with Crippen LogP contribution in [0.4, 0.5) is 18.9 Å². The van der Waals surface area contributed by atoms with Crippen LogP contribution in [0.15, 0.2) is 41.3 Å². The molecule has 1 N–H and O–H groups in total. The van der Waals surface area contributed by atoms with Crippen molar-refractivity contribution in [3.63, 3.8) is 0 Å². The molecule has 0 heterocycles. The van der Waals surface area contributed by atoms with E-state index in [-0.39, 0.29) is 5.69 Å². The number of nitrogens with one attached hydrogen (secondary N) is 1. The summed E-state index contributed by atoms with van der Waals surface area (Å²) in [7, 11) is -4.35. The largest absolute Gasteiger partial charge is 0.279 e. The summed E-state index contributed by atoms with van der Waals surface area (Å²) >= 11 is 0. The molecule has 21 heavy (non-hydrogen) atoms. The van der Waals surface area contributed by atoms with Gasteiger partial charge in [0.1, 0.15) is 4.90 Å². The Morgan fingerprint density at radius 3 is 2.33 bits per heavy atom.